The molecule has 6 heteroatoms. The third-order valence-electron chi connectivity index (χ3n) is 3.51. The van der Waals surface area contributed by atoms with E-state index in [4.69, 9.17) is 4.74 Å². The van der Waals surface area contributed by atoms with E-state index >= 15 is 0 Å². The molecule has 0 aliphatic heterocycles. The number of aromatic nitrogens is 2. The molecule has 0 N–H and O–H groups in total. The average molecular weight is 377 g/mol. The standard InChI is InChI=1S/C17H14BrFN2O2/c1-20-15(11-23-14-9-7-12(19)8-10-14)16(18)17(22)21(20)13-5-3-2-4-6-13/h2-10H,11H2,1H3. The first-order valence-corrected chi connectivity index (χ1v) is 7.77. The zero-order valence-electron chi connectivity index (χ0n) is 12.4. The van der Waals surface area contributed by atoms with E-state index in [-0.39, 0.29) is 18.0 Å². The molecular weight excluding hydrogens is 363 g/mol. The van der Waals surface area contributed by atoms with Gasteiger partial charge >= 0.3 is 0 Å². The van der Waals surface area contributed by atoms with Crippen LogP contribution in [-0.4, -0.2) is 9.36 Å². The van der Waals surface area contributed by atoms with Crippen LogP contribution in [0.25, 0.3) is 5.69 Å². The first kappa shape index (κ1) is 15.6. The molecule has 0 spiro atoms. The number of halogens is 2. The van der Waals surface area contributed by atoms with Crippen molar-refractivity contribution >= 4 is 15.9 Å². The van der Waals surface area contributed by atoms with Crippen LogP contribution >= 0.6 is 15.9 Å². The van der Waals surface area contributed by atoms with Gasteiger partial charge in [0.2, 0.25) is 0 Å². The van der Waals surface area contributed by atoms with Crippen molar-refractivity contribution in [3.8, 4) is 11.4 Å². The predicted octanol–water partition coefficient (Wildman–Crippen LogP) is 3.66. The van der Waals surface area contributed by atoms with Gasteiger partial charge in [0, 0.05) is 7.05 Å². The van der Waals surface area contributed by atoms with Gasteiger partial charge in [-0.25, -0.2) is 9.07 Å². The van der Waals surface area contributed by atoms with E-state index in [0.717, 1.165) is 5.69 Å². The molecule has 0 amide bonds. The van der Waals surface area contributed by atoms with Crippen molar-refractivity contribution in [2.24, 2.45) is 7.05 Å². The number of rotatable bonds is 4. The lowest BCUT2D eigenvalue weighted by Crippen LogP contribution is -2.19. The van der Waals surface area contributed by atoms with Gasteiger partial charge in [-0.1, -0.05) is 18.2 Å². The van der Waals surface area contributed by atoms with E-state index in [9.17, 15) is 9.18 Å². The highest BCUT2D eigenvalue weighted by atomic mass is 79.9. The Kier molecular flexibility index (Phi) is 4.34. The molecule has 0 bridgehead atoms. The zero-order valence-corrected chi connectivity index (χ0v) is 14.0. The number of hydrogen-bond donors (Lipinski definition) is 0. The van der Waals surface area contributed by atoms with Crippen LogP contribution in [0.4, 0.5) is 4.39 Å². The maximum Gasteiger partial charge on any atom is 0.286 e. The summed E-state index contributed by atoms with van der Waals surface area (Å²) in [6, 6.07) is 15.1. The fraction of sp³-hybridized carbons (Fsp3) is 0.118. The van der Waals surface area contributed by atoms with Crippen LogP contribution in [0.3, 0.4) is 0 Å². The van der Waals surface area contributed by atoms with Gasteiger partial charge in [0.05, 0.1) is 11.4 Å². The highest BCUT2D eigenvalue weighted by Crippen LogP contribution is 2.19. The Labute approximate surface area is 140 Å². The molecule has 2 aromatic carbocycles. The molecule has 0 radical (unpaired) electrons. The van der Waals surface area contributed by atoms with Gasteiger partial charge < -0.3 is 4.74 Å². The minimum Gasteiger partial charge on any atom is -0.487 e. The van der Waals surface area contributed by atoms with Crippen LogP contribution in [0.1, 0.15) is 5.69 Å². The van der Waals surface area contributed by atoms with Gasteiger partial charge in [-0.3, -0.25) is 9.48 Å². The topological polar surface area (TPSA) is 36.2 Å². The summed E-state index contributed by atoms with van der Waals surface area (Å²) >= 11 is 3.34. The first-order chi connectivity index (χ1) is 11.1. The fourth-order valence-corrected chi connectivity index (χ4v) is 2.85. The second-order valence-corrected chi connectivity index (χ2v) is 5.77. The van der Waals surface area contributed by atoms with Crippen LogP contribution < -0.4 is 10.3 Å². The summed E-state index contributed by atoms with van der Waals surface area (Å²) in [6.07, 6.45) is 0. The number of hydrogen-bond acceptors (Lipinski definition) is 2. The lowest BCUT2D eigenvalue weighted by Gasteiger charge is -2.11. The van der Waals surface area contributed by atoms with E-state index in [1.54, 1.807) is 28.5 Å². The summed E-state index contributed by atoms with van der Waals surface area (Å²) in [4.78, 5) is 12.5. The summed E-state index contributed by atoms with van der Waals surface area (Å²) < 4.78 is 22.3. The van der Waals surface area contributed by atoms with E-state index < -0.39 is 0 Å². The number of nitrogens with zero attached hydrogens (tertiary/aromatic N) is 2. The van der Waals surface area contributed by atoms with Gasteiger partial charge in [-0.15, -0.1) is 0 Å². The molecule has 118 valence electrons. The third-order valence-corrected chi connectivity index (χ3v) is 4.31. The third kappa shape index (κ3) is 3.07. The first-order valence-electron chi connectivity index (χ1n) is 6.98. The van der Waals surface area contributed by atoms with Gasteiger partial charge in [0.15, 0.2) is 0 Å². The van der Waals surface area contributed by atoms with Crippen molar-refractivity contribution < 1.29 is 9.13 Å². The Morgan fingerprint density at radius 3 is 2.39 bits per heavy atom. The number of benzene rings is 2. The van der Waals surface area contributed by atoms with Crippen molar-refractivity contribution in [2.75, 3.05) is 0 Å². The summed E-state index contributed by atoms with van der Waals surface area (Å²) in [6.45, 7) is 0.192. The van der Waals surface area contributed by atoms with Gasteiger partial charge in [0.25, 0.3) is 5.56 Å². The summed E-state index contributed by atoms with van der Waals surface area (Å²) in [7, 11) is 1.79. The van der Waals surface area contributed by atoms with Crippen LogP contribution in [0.5, 0.6) is 5.75 Å². The van der Waals surface area contributed by atoms with Gasteiger partial charge in [-0.05, 0) is 52.3 Å². The van der Waals surface area contributed by atoms with Crippen molar-refractivity contribution in [1.29, 1.82) is 0 Å². The average Bonchev–Trinajstić information content (AvgIpc) is 2.78. The van der Waals surface area contributed by atoms with Crippen LogP contribution in [0.15, 0.2) is 63.9 Å². The Hall–Kier alpha value is -2.34. The van der Waals surface area contributed by atoms with Crippen LogP contribution in [0.2, 0.25) is 0 Å². The maximum atomic E-state index is 12.9. The number of ether oxygens (including phenoxy) is 1. The molecule has 23 heavy (non-hydrogen) atoms. The molecule has 4 nitrogen and oxygen atoms in total. The molecule has 1 aromatic heterocycles. The lowest BCUT2D eigenvalue weighted by molar-refractivity contribution is 0.292. The summed E-state index contributed by atoms with van der Waals surface area (Å²) in [5, 5.41) is 0. The summed E-state index contributed by atoms with van der Waals surface area (Å²) in [5.41, 5.74) is 1.31. The molecule has 0 aliphatic carbocycles. The fourth-order valence-electron chi connectivity index (χ4n) is 2.31. The summed E-state index contributed by atoms with van der Waals surface area (Å²) in [5.74, 6) is 0.222. The van der Waals surface area contributed by atoms with E-state index in [1.807, 2.05) is 30.3 Å². The quantitative estimate of drug-likeness (QED) is 0.696. The largest absolute Gasteiger partial charge is 0.487 e. The molecule has 0 saturated carbocycles. The zero-order chi connectivity index (χ0) is 16.4. The molecule has 0 unspecified atom stereocenters. The maximum absolute atomic E-state index is 12.9. The minimum atomic E-state index is -0.318. The molecule has 0 atom stereocenters. The molecule has 0 fully saturated rings. The van der Waals surface area contributed by atoms with Crippen molar-refractivity contribution in [2.45, 2.75) is 6.61 Å². The van der Waals surface area contributed by atoms with Gasteiger partial charge in [0.1, 0.15) is 22.6 Å². The SMILES string of the molecule is Cn1c(COc2ccc(F)cc2)c(Br)c(=O)n1-c1ccccc1. The Bertz CT molecular complexity index is 870. The van der Waals surface area contributed by atoms with Gasteiger partial charge in [-0.2, -0.15) is 0 Å². The molecule has 0 aliphatic rings. The molecule has 1 heterocycles. The highest BCUT2D eigenvalue weighted by molar-refractivity contribution is 9.10. The molecule has 3 aromatic rings. The second kappa shape index (κ2) is 6.42. The second-order valence-electron chi connectivity index (χ2n) is 4.98. The molecule has 3 rings (SSSR count). The predicted molar refractivity (Wildman–Crippen MR) is 89.4 cm³/mol. The Balaban J connectivity index is 1.92. The highest BCUT2D eigenvalue weighted by Gasteiger charge is 2.17. The number of para-hydroxylation sites is 1. The monoisotopic (exact) mass is 376 g/mol. The van der Waals surface area contributed by atoms with Crippen molar-refractivity contribution in [3.05, 3.63) is 80.9 Å². The smallest absolute Gasteiger partial charge is 0.286 e. The van der Waals surface area contributed by atoms with E-state index in [2.05, 4.69) is 15.9 Å². The Morgan fingerprint density at radius 1 is 1.09 bits per heavy atom. The molecular formula is C17H14BrFN2O2. The van der Waals surface area contributed by atoms with E-state index in [0.29, 0.717) is 15.9 Å². The molecule has 0 saturated heterocycles. The van der Waals surface area contributed by atoms with Crippen LogP contribution in [-0.2, 0) is 13.7 Å². The van der Waals surface area contributed by atoms with Crippen molar-refractivity contribution in [3.63, 3.8) is 0 Å². The van der Waals surface area contributed by atoms with E-state index in [1.165, 1.54) is 12.1 Å². The van der Waals surface area contributed by atoms with Crippen molar-refractivity contribution in [1.82, 2.24) is 9.36 Å². The lowest BCUT2D eigenvalue weighted by atomic mass is 10.3. The Morgan fingerprint density at radius 2 is 1.74 bits per heavy atom. The van der Waals surface area contributed by atoms with Crippen LogP contribution in [0, 0.1) is 5.82 Å². The minimum absolute atomic E-state index is 0.156. The normalized spacial score (nSPS) is 10.7.